The normalized spacial score (nSPS) is 10.2. The van der Waals surface area contributed by atoms with Crippen LogP contribution in [0.3, 0.4) is 0 Å². The van der Waals surface area contributed by atoms with E-state index in [0.29, 0.717) is 12.0 Å². The Morgan fingerprint density at radius 1 is 1.40 bits per heavy atom. The number of phenolic OH excluding ortho intramolecular Hbond substituents is 1. The van der Waals surface area contributed by atoms with Gasteiger partial charge in [-0.15, -0.1) is 0 Å². The Balaban J connectivity index is 2.76. The van der Waals surface area contributed by atoms with Crippen molar-refractivity contribution >= 4 is 5.69 Å². The lowest BCUT2D eigenvalue weighted by Crippen LogP contribution is -1.91. The highest BCUT2D eigenvalue weighted by Crippen LogP contribution is 2.24. The van der Waals surface area contributed by atoms with Gasteiger partial charge in [0, 0.05) is 17.7 Å². The fraction of sp³-hybridized carbons (Fsp3) is 0.455. The van der Waals surface area contributed by atoms with Gasteiger partial charge in [-0.3, -0.25) is 10.1 Å². The molecule has 0 saturated heterocycles. The molecular weight excluding hydrogens is 194 g/mol. The summed E-state index contributed by atoms with van der Waals surface area (Å²) in [6.45, 7) is 2.09. The molecule has 4 heteroatoms. The first-order valence-corrected chi connectivity index (χ1v) is 5.11. The topological polar surface area (TPSA) is 63.4 Å². The largest absolute Gasteiger partial charge is 0.508 e. The molecule has 0 radical (unpaired) electrons. The van der Waals surface area contributed by atoms with E-state index in [9.17, 15) is 15.2 Å². The predicted octanol–water partition coefficient (Wildman–Crippen LogP) is 3.03. The van der Waals surface area contributed by atoms with Gasteiger partial charge in [0.1, 0.15) is 5.75 Å². The molecule has 0 amide bonds. The molecule has 1 rings (SSSR count). The number of aromatic hydroxyl groups is 1. The second-order valence-corrected chi connectivity index (χ2v) is 3.53. The Labute approximate surface area is 88.7 Å². The summed E-state index contributed by atoms with van der Waals surface area (Å²) in [6, 6.07) is 4.16. The van der Waals surface area contributed by atoms with Crippen LogP contribution in [0, 0.1) is 10.1 Å². The summed E-state index contributed by atoms with van der Waals surface area (Å²) in [5.41, 5.74) is 0.706. The zero-order chi connectivity index (χ0) is 11.3. The summed E-state index contributed by atoms with van der Waals surface area (Å²) < 4.78 is 0. The molecule has 1 aromatic carbocycles. The van der Waals surface area contributed by atoms with Gasteiger partial charge in [0.25, 0.3) is 5.69 Å². The summed E-state index contributed by atoms with van der Waals surface area (Å²) in [7, 11) is 0. The minimum absolute atomic E-state index is 0.0410. The van der Waals surface area contributed by atoms with Gasteiger partial charge in [0.05, 0.1) is 4.92 Å². The Morgan fingerprint density at radius 3 is 2.73 bits per heavy atom. The molecule has 0 fully saturated rings. The minimum atomic E-state index is -0.442. The van der Waals surface area contributed by atoms with Gasteiger partial charge >= 0.3 is 0 Å². The van der Waals surface area contributed by atoms with Gasteiger partial charge in [-0.1, -0.05) is 19.8 Å². The number of phenols is 1. The first-order valence-electron chi connectivity index (χ1n) is 5.11. The molecule has 0 spiro atoms. The number of aryl methyl sites for hydroxylation is 1. The number of unbranched alkanes of at least 4 members (excludes halogenated alkanes) is 2. The highest BCUT2D eigenvalue weighted by atomic mass is 16.6. The number of rotatable bonds is 5. The van der Waals surface area contributed by atoms with E-state index < -0.39 is 4.92 Å². The highest BCUT2D eigenvalue weighted by Gasteiger charge is 2.09. The molecule has 0 aliphatic heterocycles. The summed E-state index contributed by atoms with van der Waals surface area (Å²) >= 11 is 0. The SMILES string of the molecule is CCCCCc1cc([N+](=O)[O-])ccc1O. The molecule has 0 bridgehead atoms. The molecule has 0 aromatic heterocycles. The van der Waals surface area contributed by atoms with Crippen LogP contribution in [-0.4, -0.2) is 10.0 Å². The van der Waals surface area contributed by atoms with Gasteiger partial charge in [0.15, 0.2) is 0 Å². The van der Waals surface area contributed by atoms with Crippen LogP contribution in [0.2, 0.25) is 0 Å². The Bertz CT molecular complexity index is 350. The first kappa shape index (κ1) is 11.5. The van der Waals surface area contributed by atoms with Crippen molar-refractivity contribution in [3.8, 4) is 5.75 Å². The van der Waals surface area contributed by atoms with Crippen LogP contribution in [0.4, 0.5) is 5.69 Å². The van der Waals surface area contributed by atoms with Gasteiger partial charge in [0.2, 0.25) is 0 Å². The summed E-state index contributed by atoms with van der Waals surface area (Å²) in [5, 5.41) is 20.0. The van der Waals surface area contributed by atoms with Crippen LogP contribution in [0.1, 0.15) is 31.7 Å². The standard InChI is InChI=1S/C11H15NO3/c1-2-3-4-5-9-8-10(12(14)15)6-7-11(9)13/h6-8,13H,2-5H2,1H3. The molecule has 0 aliphatic rings. The number of non-ortho nitro benzene ring substituents is 1. The molecular formula is C11H15NO3. The first-order chi connectivity index (χ1) is 7.15. The molecule has 0 unspecified atom stereocenters. The number of benzene rings is 1. The molecule has 1 aromatic rings. The van der Waals surface area contributed by atoms with E-state index in [4.69, 9.17) is 0 Å². The average Bonchev–Trinajstić information content (AvgIpc) is 2.20. The van der Waals surface area contributed by atoms with Gasteiger partial charge in [-0.05, 0) is 18.9 Å². The second-order valence-electron chi connectivity index (χ2n) is 3.53. The van der Waals surface area contributed by atoms with Crippen LogP contribution in [0.5, 0.6) is 5.75 Å². The maximum absolute atomic E-state index is 10.5. The quantitative estimate of drug-likeness (QED) is 0.460. The third-order valence-electron chi connectivity index (χ3n) is 2.32. The van der Waals surface area contributed by atoms with Crippen molar-refractivity contribution in [3.63, 3.8) is 0 Å². The highest BCUT2D eigenvalue weighted by molar-refractivity contribution is 5.42. The van der Waals surface area contributed by atoms with Crippen molar-refractivity contribution < 1.29 is 10.0 Å². The molecule has 0 atom stereocenters. The van der Waals surface area contributed by atoms with Crippen molar-refractivity contribution in [1.29, 1.82) is 0 Å². The van der Waals surface area contributed by atoms with Crippen molar-refractivity contribution in [2.45, 2.75) is 32.6 Å². The lowest BCUT2D eigenvalue weighted by Gasteiger charge is -2.03. The number of nitrogens with zero attached hydrogens (tertiary/aromatic N) is 1. The van der Waals surface area contributed by atoms with Gasteiger partial charge in [-0.2, -0.15) is 0 Å². The Hall–Kier alpha value is -1.58. The number of nitro groups is 1. The molecule has 0 aliphatic carbocycles. The van der Waals surface area contributed by atoms with E-state index in [1.807, 2.05) is 0 Å². The van der Waals surface area contributed by atoms with E-state index in [2.05, 4.69) is 6.92 Å². The van der Waals surface area contributed by atoms with Crippen LogP contribution in [-0.2, 0) is 6.42 Å². The van der Waals surface area contributed by atoms with E-state index in [-0.39, 0.29) is 11.4 Å². The van der Waals surface area contributed by atoms with E-state index >= 15 is 0 Å². The monoisotopic (exact) mass is 209 g/mol. The summed E-state index contributed by atoms with van der Waals surface area (Å²) in [4.78, 5) is 10.1. The lowest BCUT2D eigenvalue weighted by molar-refractivity contribution is -0.384. The Kier molecular flexibility index (Phi) is 4.09. The van der Waals surface area contributed by atoms with Crippen molar-refractivity contribution in [3.05, 3.63) is 33.9 Å². The lowest BCUT2D eigenvalue weighted by atomic mass is 10.1. The van der Waals surface area contributed by atoms with Crippen molar-refractivity contribution in [1.82, 2.24) is 0 Å². The van der Waals surface area contributed by atoms with Crippen LogP contribution >= 0.6 is 0 Å². The fourth-order valence-electron chi connectivity index (χ4n) is 1.45. The number of hydrogen-bond donors (Lipinski definition) is 1. The van der Waals surface area contributed by atoms with E-state index in [0.717, 1.165) is 19.3 Å². The fourth-order valence-corrected chi connectivity index (χ4v) is 1.45. The number of hydrogen-bond acceptors (Lipinski definition) is 3. The predicted molar refractivity (Wildman–Crippen MR) is 58.0 cm³/mol. The zero-order valence-electron chi connectivity index (χ0n) is 8.77. The molecule has 82 valence electrons. The van der Waals surface area contributed by atoms with E-state index in [1.165, 1.54) is 18.2 Å². The third kappa shape index (κ3) is 3.23. The molecule has 0 heterocycles. The summed E-state index contributed by atoms with van der Waals surface area (Å²) in [5.74, 6) is 0.150. The zero-order valence-corrected chi connectivity index (χ0v) is 8.77. The second kappa shape index (κ2) is 5.34. The van der Waals surface area contributed by atoms with Crippen molar-refractivity contribution in [2.24, 2.45) is 0 Å². The maximum Gasteiger partial charge on any atom is 0.269 e. The average molecular weight is 209 g/mol. The van der Waals surface area contributed by atoms with Crippen molar-refractivity contribution in [2.75, 3.05) is 0 Å². The van der Waals surface area contributed by atoms with Crippen LogP contribution < -0.4 is 0 Å². The minimum Gasteiger partial charge on any atom is -0.508 e. The van der Waals surface area contributed by atoms with Gasteiger partial charge < -0.3 is 5.11 Å². The van der Waals surface area contributed by atoms with E-state index in [1.54, 1.807) is 0 Å². The molecule has 1 N–H and O–H groups in total. The van der Waals surface area contributed by atoms with Crippen LogP contribution in [0.25, 0.3) is 0 Å². The van der Waals surface area contributed by atoms with Gasteiger partial charge in [-0.25, -0.2) is 0 Å². The summed E-state index contributed by atoms with van der Waals surface area (Å²) in [6.07, 6.45) is 3.81. The molecule has 4 nitrogen and oxygen atoms in total. The third-order valence-corrected chi connectivity index (χ3v) is 2.32. The maximum atomic E-state index is 10.5. The van der Waals surface area contributed by atoms with Crippen LogP contribution in [0.15, 0.2) is 18.2 Å². The Morgan fingerprint density at radius 2 is 2.13 bits per heavy atom. The molecule has 0 saturated carbocycles. The smallest absolute Gasteiger partial charge is 0.269 e. The molecule has 15 heavy (non-hydrogen) atoms. The number of nitro benzene ring substituents is 1.